The lowest BCUT2D eigenvalue weighted by atomic mass is 9.97. The molecule has 64 valence electrons. The Labute approximate surface area is 79.0 Å². The third kappa shape index (κ3) is 1.97. The first-order chi connectivity index (χ1) is 6.47. The van der Waals surface area contributed by atoms with Gasteiger partial charge in [-0.2, -0.15) is 0 Å². The van der Waals surface area contributed by atoms with Gasteiger partial charge >= 0.3 is 0 Å². The van der Waals surface area contributed by atoms with Crippen LogP contribution in [-0.2, 0) is 0 Å². The van der Waals surface area contributed by atoms with Crippen molar-refractivity contribution in [1.29, 1.82) is 0 Å². The molecular weight excluding hydrogens is 156 g/mol. The zero-order valence-electron chi connectivity index (χ0n) is 7.48. The Kier molecular flexibility index (Phi) is 2.42. The van der Waals surface area contributed by atoms with Crippen LogP contribution >= 0.6 is 0 Å². The molecule has 0 atom stereocenters. The van der Waals surface area contributed by atoms with Gasteiger partial charge in [-0.15, -0.1) is 0 Å². The summed E-state index contributed by atoms with van der Waals surface area (Å²) in [5.74, 6) is 0. The summed E-state index contributed by atoms with van der Waals surface area (Å²) in [5, 5.41) is 0. The van der Waals surface area contributed by atoms with Gasteiger partial charge in [-0.3, -0.25) is 0 Å². The normalized spacial score (nSPS) is 31.1. The monoisotopic (exact) mass is 168 g/mol. The van der Waals surface area contributed by atoms with E-state index in [1.807, 2.05) is 12.2 Å². The molecular formula is C13H12. The summed E-state index contributed by atoms with van der Waals surface area (Å²) >= 11 is 0. The lowest BCUT2D eigenvalue weighted by molar-refractivity contribution is 1.22. The van der Waals surface area contributed by atoms with Crippen LogP contribution in [0.4, 0.5) is 0 Å². The average Bonchev–Trinajstić information content (AvgIpc) is 2.28. The highest BCUT2D eigenvalue weighted by molar-refractivity contribution is 5.48. The van der Waals surface area contributed by atoms with Crippen molar-refractivity contribution in [3.63, 3.8) is 0 Å². The predicted molar refractivity (Wildman–Crippen MR) is 57.3 cm³/mol. The Morgan fingerprint density at radius 1 is 0.769 bits per heavy atom. The lowest BCUT2D eigenvalue weighted by Crippen LogP contribution is -1.88. The van der Waals surface area contributed by atoms with E-state index in [0.29, 0.717) is 0 Å². The molecule has 0 N–H and O–H groups in total. The van der Waals surface area contributed by atoms with Crippen molar-refractivity contribution in [2.45, 2.75) is 6.42 Å². The minimum absolute atomic E-state index is 1.04. The predicted octanol–water partition coefficient (Wildman–Crippen LogP) is 3.48. The second kappa shape index (κ2) is 3.90. The zero-order valence-corrected chi connectivity index (χ0v) is 7.48. The van der Waals surface area contributed by atoms with Crippen LogP contribution in [0.3, 0.4) is 0 Å². The molecule has 2 aliphatic carbocycles. The van der Waals surface area contributed by atoms with Crippen molar-refractivity contribution in [2.75, 3.05) is 0 Å². The molecule has 0 aliphatic heterocycles. The number of hydrogen-bond acceptors (Lipinski definition) is 0. The van der Waals surface area contributed by atoms with Crippen LogP contribution in [0.25, 0.3) is 0 Å². The van der Waals surface area contributed by atoms with Gasteiger partial charge in [-0.25, -0.2) is 0 Å². The quantitative estimate of drug-likeness (QED) is 0.519. The fourth-order valence-corrected chi connectivity index (χ4v) is 1.44. The van der Waals surface area contributed by atoms with Crippen LogP contribution in [0.15, 0.2) is 71.9 Å². The Balaban J connectivity index is 2.39. The molecule has 0 bridgehead atoms. The molecule has 0 aromatic heterocycles. The van der Waals surface area contributed by atoms with Gasteiger partial charge in [0.25, 0.3) is 0 Å². The first-order valence-corrected chi connectivity index (χ1v) is 4.54. The van der Waals surface area contributed by atoms with Crippen LogP contribution in [0.2, 0.25) is 0 Å². The Morgan fingerprint density at radius 2 is 1.62 bits per heavy atom. The molecule has 0 saturated carbocycles. The van der Waals surface area contributed by atoms with E-state index in [2.05, 4.69) is 48.6 Å². The fraction of sp³-hybridized carbons (Fsp3) is 0.0769. The Hall–Kier alpha value is -1.56. The molecule has 2 rings (SSSR count). The second-order valence-electron chi connectivity index (χ2n) is 3.08. The van der Waals surface area contributed by atoms with Crippen LogP contribution < -0.4 is 0 Å². The first-order valence-electron chi connectivity index (χ1n) is 4.54. The van der Waals surface area contributed by atoms with E-state index in [1.165, 1.54) is 11.1 Å². The number of fused-ring (bicyclic) bond motifs is 1. The average molecular weight is 168 g/mol. The number of hydrogen-bond donors (Lipinski definition) is 0. The van der Waals surface area contributed by atoms with Crippen molar-refractivity contribution in [3.05, 3.63) is 71.9 Å². The first kappa shape index (κ1) is 8.06. The highest BCUT2D eigenvalue weighted by Gasteiger charge is 2.01. The molecule has 0 nitrogen and oxygen atoms in total. The maximum Gasteiger partial charge on any atom is -0.00884 e. The van der Waals surface area contributed by atoms with Gasteiger partial charge in [-0.05, 0) is 17.6 Å². The topological polar surface area (TPSA) is 0 Å². The van der Waals surface area contributed by atoms with Crippen molar-refractivity contribution in [3.8, 4) is 0 Å². The van der Waals surface area contributed by atoms with Gasteiger partial charge in [0.2, 0.25) is 0 Å². The lowest BCUT2D eigenvalue weighted by Gasteiger charge is -2.08. The van der Waals surface area contributed by atoms with Gasteiger partial charge in [0.15, 0.2) is 0 Å². The van der Waals surface area contributed by atoms with Crippen molar-refractivity contribution in [1.82, 2.24) is 0 Å². The Morgan fingerprint density at radius 3 is 2.62 bits per heavy atom. The molecule has 0 unspecified atom stereocenters. The van der Waals surface area contributed by atoms with Gasteiger partial charge in [0.05, 0.1) is 0 Å². The summed E-state index contributed by atoms with van der Waals surface area (Å²) in [5.41, 5.74) is 2.71. The Bertz CT molecular complexity index is 357. The smallest absolute Gasteiger partial charge is 0.00884 e. The highest BCUT2D eigenvalue weighted by Crippen LogP contribution is 2.21. The highest BCUT2D eigenvalue weighted by atomic mass is 14.1. The van der Waals surface area contributed by atoms with Crippen molar-refractivity contribution >= 4 is 0 Å². The van der Waals surface area contributed by atoms with E-state index in [4.69, 9.17) is 0 Å². The maximum atomic E-state index is 2.18. The number of allylic oxidation sites excluding steroid dienone is 12. The largest absolute Gasteiger partial charge is 0.0801 e. The summed E-state index contributed by atoms with van der Waals surface area (Å²) in [6.07, 6.45) is 22.1. The third-order valence-corrected chi connectivity index (χ3v) is 2.14. The standard InChI is InChI=1S/C13H12/c1-2-4-8-12-10-6-7-11-13(12)9-5-3-1/h1-10H,11H2/b2-1-,5-3-,8-4-,13-9-. The van der Waals surface area contributed by atoms with Gasteiger partial charge < -0.3 is 0 Å². The summed E-state index contributed by atoms with van der Waals surface area (Å²) in [4.78, 5) is 0. The molecule has 0 aromatic rings. The summed E-state index contributed by atoms with van der Waals surface area (Å²) in [6.45, 7) is 0. The van der Waals surface area contributed by atoms with Crippen LogP contribution in [-0.4, -0.2) is 0 Å². The second-order valence-corrected chi connectivity index (χ2v) is 3.08. The summed E-state index contributed by atoms with van der Waals surface area (Å²) in [6, 6.07) is 0. The van der Waals surface area contributed by atoms with E-state index >= 15 is 0 Å². The molecule has 2 aliphatic rings. The molecule has 0 aromatic carbocycles. The van der Waals surface area contributed by atoms with Crippen LogP contribution in [0.1, 0.15) is 6.42 Å². The van der Waals surface area contributed by atoms with Crippen LogP contribution in [0, 0.1) is 0 Å². The van der Waals surface area contributed by atoms with E-state index in [9.17, 15) is 0 Å². The molecule has 0 heteroatoms. The minimum Gasteiger partial charge on any atom is -0.0801 e. The SMILES string of the molecule is C1=CC/C2=C/C=C\C=C/C=C\C2=C1. The molecule has 0 spiro atoms. The molecule has 0 saturated heterocycles. The van der Waals surface area contributed by atoms with Crippen molar-refractivity contribution < 1.29 is 0 Å². The number of rotatable bonds is 0. The molecule has 0 heterocycles. The van der Waals surface area contributed by atoms with E-state index < -0.39 is 0 Å². The zero-order chi connectivity index (χ0) is 8.93. The molecule has 0 fully saturated rings. The van der Waals surface area contributed by atoms with E-state index in [-0.39, 0.29) is 0 Å². The maximum absolute atomic E-state index is 2.18. The fourth-order valence-electron chi connectivity index (χ4n) is 1.44. The van der Waals surface area contributed by atoms with Crippen molar-refractivity contribution in [2.24, 2.45) is 0 Å². The van der Waals surface area contributed by atoms with Crippen LogP contribution in [0.5, 0.6) is 0 Å². The van der Waals surface area contributed by atoms with Gasteiger partial charge in [0.1, 0.15) is 0 Å². The third-order valence-electron chi connectivity index (χ3n) is 2.14. The molecule has 0 amide bonds. The van der Waals surface area contributed by atoms with E-state index in [1.54, 1.807) is 0 Å². The molecule has 0 radical (unpaired) electrons. The van der Waals surface area contributed by atoms with Gasteiger partial charge in [0, 0.05) is 0 Å². The van der Waals surface area contributed by atoms with E-state index in [0.717, 1.165) is 6.42 Å². The van der Waals surface area contributed by atoms with Gasteiger partial charge in [-0.1, -0.05) is 60.8 Å². The summed E-state index contributed by atoms with van der Waals surface area (Å²) in [7, 11) is 0. The minimum atomic E-state index is 1.04. The molecule has 13 heavy (non-hydrogen) atoms. The summed E-state index contributed by atoms with van der Waals surface area (Å²) < 4.78 is 0.